The van der Waals surface area contributed by atoms with Crippen LogP contribution >= 0.6 is 11.3 Å². The zero-order valence-electron chi connectivity index (χ0n) is 23.1. The summed E-state index contributed by atoms with van der Waals surface area (Å²) in [4.78, 5) is 45.3. The number of aliphatic hydroxyl groups excluding tert-OH is 1. The first kappa shape index (κ1) is 28.5. The maximum atomic E-state index is 13.5. The molecule has 1 aliphatic rings. The van der Waals surface area contributed by atoms with E-state index >= 15 is 0 Å². The summed E-state index contributed by atoms with van der Waals surface area (Å²) in [6, 6.07) is 22.5. The summed E-state index contributed by atoms with van der Waals surface area (Å²) < 4.78 is 11.1. The van der Waals surface area contributed by atoms with Crippen molar-refractivity contribution in [2.45, 2.75) is 26.5 Å². The number of carbonyl (C=O) groups excluding carboxylic acids is 3. The van der Waals surface area contributed by atoms with Crippen LogP contribution in [0.4, 0.5) is 5.13 Å². The molecule has 1 amide bonds. The van der Waals surface area contributed by atoms with Gasteiger partial charge in [-0.2, -0.15) is 0 Å². The molecule has 1 unspecified atom stereocenters. The zero-order chi connectivity index (χ0) is 29.8. The molecule has 1 aromatic heterocycles. The van der Waals surface area contributed by atoms with E-state index in [0.717, 1.165) is 22.5 Å². The first-order valence-corrected chi connectivity index (χ1v) is 14.0. The van der Waals surface area contributed by atoms with E-state index in [1.54, 1.807) is 55.5 Å². The van der Waals surface area contributed by atoms with Gasteiger partial charge in [-0.05, 0) is 54.8 Å². The minimum Gasteiger partial charge on any atom is -0.507 e. The van der Waals surface area contributed by atoms with E-state index in [0.29, 0.717) is 29.2 Å². The number of aromatic nitrogens is 1. The number of thiazole rings is 1. The fourth-order valence-corrected chi connectivity index (χ4v) is 5.64. The summed E-state index contributed by atoms with van der Waals surface area (Å²) in [5.74, 6) is -2.06. The quantitative estimate of drug-likeness (QED) is 0.0813. The third-order valence-corrected chi connectivity index (χ3v) is 7.99. The van der Waals surface area contributed by atoms with E-state index in [1.807, 2.05) is 37.3 Å². The van der Waals surface area contributed by atoms with Gasteiger partial charge in [-0.15, -0.1) is 0 Å². The largest absolute Gasteiger partial charge is 0.507 e. The fraction of sp³-hybridized carbons (Fsp3) is 0.152. The van der Waals surface area contributed by atoms with Gasteiger partial charge in [-0.3, -0.25) is 14.5 Å². The lowest BCUT2D eigenvalue weighted by Gasteiger charge is -2.23. The predicted molar refractivity (Wildman–Crippen MR) is 161 cm³/mol. The van der Waals surface area contributed by atoms with E-state index < -0.39 is 23.7 Å². The first-order chi connectivity index (χ1) is 20.3. The molecule has 1 aliphatic heterocycles. The van der Waals surface area contributed by atoms with E-state index in [-0.39, 0.29) is 27.9 Å². The summed E-state index contributed by atoms with van der Waals surface area (Å²) in [5.41, 5.74) is 3.40. The summed E-state index contributed by atoms with van der Waals surface area (Å²) in [7, 11) is 0. The van der Waals surface area contributed by atoms with Crippen molar-refractivity contribution in [3.05, 3.63) is 130 Å². The highest BCUT2D eigenvalue weighted by Crippen LogP contribution is 2.44. The molecule has 212 valence electrons. The third-order valence-electron chi connectivity index (χ3n) is 6.85. The molecular weight excluding hydrogens is 552 g/mol. The Balaban J connectivity index is 1.50. The van der Waals surface area contributed by atoms with Crippen molar-refractivity contribution in [1.82, 2.24) is 4.98 Å². The molecule has 4 aromatic rings. The highest BCUT2D eigenvalue weighted by atomic mass is 32.1. The van der Waals surface area contributed by atoms with Crippen LogP contribution in [0.5, 0.6) is 5.75 Å². The summed E-state index contributed by atoms with van der Waals surface area (Å²) in [5, 5.41) is 11.6. The Labute approximate surface area is 247 Å². The highest BCUT2D eigenvalue weighted by Gasteiger charge is 2.48. The number of aliphatic hydroxyl groups is 1. The number of Topliss-reactive ketones (excluding diaryl/α,β-unsaturated/α-hetero) is 1. The molecule has 9 heteroatoms. The normalized spacial score (nSPS) is 16.0. The van der Waals surface area contributed by atoms with Crippen molar-refractivity contribution in [1.29, 1.82) is 0 Å². The minimum atomic E-state index is -0.967. The predicted octanol–water partition coefficient (Wildman–Crippen LogP) is 6.31. The molecule has 1 N–H and O–H groups in total. The van der Waals surface area contributed by atoms with Gasteiger partial charge in [0.25, 0.3) is 5.78 Å². The van der Waals surface area contributed by atoms with E-state index in [9.17, 15) is 19.5 Å². The summed E-state index contributed by atoms with van der Waals surface area (Å²) >= 11 is 0.948. The van der Waals surface area contributed by atoms with Gasteiger partial charge in [-0.1, -0.05) is 78.6 Å². The molecule has 0 bridgehead atoms. The Bertz CT molecular complexity index is 1690. The molecule has 0 spiro atoms. The lowest BCUT2D eigenvalue weighted by atomic mass is 9.95. The van der Waals surface area contributed by atoms with Crippen molar-refractivity contribution in [3.63, 3.8) is 0 Å². The van der Waals surface area contributed by atoms with Crippen LogP contribution in [0.1, 0.15) is 43.7 Å². The van der Waals surface area contributed by atoms with Crippen molar-refractivity contribution in [2.24, 2.45) is 0 Å². The number of benzene rings is 3. The topological polar surface area (TPSA) is 106 Å². The molecule has 1 atom stereocenters. The Morgan fingerprint density at radius 3 is 2.40 bits per heavy atom. The number of rotatable bonds is 9. The Morgan fingerprint density at radius 1 is 1.02 bits per heavy atom. The van der Waals surface area contributed by atoms with Crippen molar-refractivity contribution in [2.75, 3.05) is 11.5 Å². The number of amides is 1. The molecule has 0 aliphatic carbocycles. The Hall–Kier alpha value is -5.02. The SMILES string of the molecule is C=CCOC(=O)c1sc(N2C(=O)C(=O)/C(=C(/O)c3ccc(OCc4ccccc4C)cc3)C2c2ccccc2)nc1C. The van der Waals surface area contributed by atoms with Crippen LogP contribution in [0.25, 0.3) is 5.76 Å². The molecule has 0 radical (unpaired) electrons. The maximum absolute atomic E-state index is 13.5. The number of hydrogen-bond acceptors (Lipinski definition) is 8. The van der Waals surface area contributed by atoms with Crippen LogP contribution in [0.2, 0.25) is 0 Å². The van der Waals surface area contributed by atoms with Gasteiger partial charge in [0.1, 0.15) is 29.6 Å². The molecule has 1 saturated heterocycles. The number of hydrogen-bond donors (Lipinski definition) is 1. The van der Waals surface area contributed by atoms with Crippen LogP contribution in [0.15, 0.2) is 97.1 Å². The van der Waals surface area contributed by atoms with Crippen molar-refractivity contribution in [3.8, 4) is 5.75 Å². The molecule has 2 heterocycles. The number of carbonyl (C=O) groups is 3. The lowest BCUT2D eigenvalue weighted by Crippen LogP contribution is -2.29. The smallest absolute Gasteiger partial charge is 0.350 e. The van der Waals surface area contributed by atoms with Gasteiger partial charge in [0.05, 0.1) is 17.3 Å². The zero-order valence-corrected chi connectivity index (χ0v) is 23.9. The molecule has 1 fully saturated rings. The maximum Gasteiger partial charge on any atom is 0.350 e. The first-order valence-electron chi connectivity index (χ1n) is 13.2. The molecule has 5 rings (SSSR count). The van der Waals surface area contributed by atoms with Crippen LogP contribution in [-0.2, 0) is 20.9 Å². The van der Waals surface area contributed by atoms with E-state index in [4.69, 9.17) is 9.47 Å². The fourth-order valence-electron chi connectivity index (χ4n) is 4.65. The summed E-state index contributed by atoms with van der Waals surface area (Å²) in [6.45, 7) is 7.59. The summed E-state index contributed by atoms with van der Waals surface area (Å²) in [6.07, 6.45) is 1.45. The molecule has 8 nitrogen and oxygen atoms in total. The number of nitrogens with zero attached hydrogens (tertiary/aromatic N) is 2. The number of esters is 1. The number of aryl methyl sites for hydroxylation is 2. The Kier molecular flexibility index (Phi) is 8.31. The second-order valence-corrected chi connectivity index (χ2v) is 10.6. The van der Waals surface area contributed by atoms with Gasteiger partial charge in [0, 0.05) is 5.56 Å². The van der Waals surface area contributed by atoms with E-state index in [2.05, 4.69) is 11.6 Å². The van der Waals surface area contributed by atoms with Crippen LogP contribution in [0, 0.1) is 13.8 Å². The van der Waals surface area contributed by atoms with Crippen LogP contribution in [-0.4, -0.2) is 34.4 Å². The number of anilines is 1. The highest BCUT2D eigenvalue weighted by molar-refractivity contribution is 7.17. The van der Waals surface area contributed by atoms with Gasteiger partial charge < -0.3 is 14.6 Å². The molecule has 0 saturated carbocycles. The Morgan fingerprint density at radius 2 is 1.71 bits per heavy atom. The van der Waals surface area contributed by atoms with Gasteiger partial charge in [-0.25, -0.2) is 9.78 Å². The van der Waals surface area contributed by atoms with Gasteiger partial charge in [0.15, 0.2) is 5.13 Å². The van der Waals surface area contributed by atoms with Gasteiger partial charge >= 0.3 is 11.9 Å². The number of ether oxygens (including phenoxy) is 2. The van der Waals surface area contributed by atoms with Crippen LogP contribution in [0.3, 0.4) is 0 Å². The van der Waals surface area contributed by atoms with Gasteiger partial charge in [0.2, 0.25) is 0 Å². The lowest BCUT2D eigenvalue weighted by molar-refractivity contribution is -0.132. The molecule has 3 aromatic carbocycles. The standard InChI is InChI=1S/C33H28N2O6S/c1-4-18-40-32(39)30-21(3)34-33(42-30)35-27(22-11-6-5-7-12-22)26(29(37)31(35)38)28(36)23-14-16-25(17-15-23)41-19-24-13-9-8-10-20(24)2/h4-17,27,36H,1,18-19H2,2-3H3/b28-26+. The minimum absolute atomic E-state index is 0.0236. The van der Waals surface area contributed by atoms with E-state index in [1.165, 1.54) is 11.0 Å². The number of ketones is 1. The molecule has 42 heavy (non-hydrogen) atoms. The average molecular weight is 581 g/mol. The van der Waals surface area contributed by atoms with Crippen LogP contribution < -0.4 is 9.64 Å². The second kappa shape index (κ2) is 12.2. The van der Waals surface area contributed by atoms with Crippen molar-refractivity contribution < 1.29 is 29.0 Å². The van der Waals surface area contributed by atoms with Crippen molar-refractivity contribution >= 4 is 39.9 Å². The average Bonchev–Trinajstić information content (AvgIpc) is 3.52. The third kappa shape index (κ3) is 5.59. The monoisotopic (exact) mass is 580 g/mol. The second-order valence-electron chi connectivity index (χ2n) is 9.62. The molecular formula is C33H28N2O6S.